The molecule has 1 atom stereocenters. The maximum Gasteiger partial charge on any atom is 0.325 e. The SMILES string of the molecule is CCOC(=O)CNC(=O)c1cc(C(C)[N-]c2cccc(F)c2)c2nc(N3CCOCC3)cnc2c1. The molecule has 2 heterocycles. The lowest BCUT2D eigenvalue weighted by molar-refractivity contribution is -0.141. The third-order valence-electron chi connectivity index (χ3n) is 5.56. The summed E-state index contributed by atoms with van der Waals surface area (Å²) in [7, 11) is 0. The van der Waals surface area contributed by atoms with Gasteiger partial charge in [-0.3, -0.25) is 14.6 Å². The third-order valence-corrected chi connectivity index (χ3v) is 5.56. The average Bonchev–Trinajstić information content (AvgIpc) is 2.87. The summed E-state index contributed by atoms with van der Waals surface area (Å²) in [5, 5.41) is 7.20. The van der Waals surface area contributed by atoms with Gasteiger partial charge in [-0.2, -0.15) is 0 Å². The van der Waals surface area contributed by atoms with E-state index in [1.165, 1.54) is 12.1 Å². The number of nitrogens with one attached hydrogen (secondary N) is 1. The molecule has 4 rings (SSSR count). The lowest BCUT2D eigenvalue weighted by atomic mass is 10.0. The van der Waals surface area contributed by atoms with Crippen LogP contribution in [0.3, 0.4) is 0 Å². The highest BCUT2D eigenvalue weighted by Gasteiger charge is 2.18. The number of esters is 1. The van der Waals surface area contributed by atoms with Crippen LogP contribution in [0.15, 0.2) is 42.6 Å². The van der Waals surface area contributed by atoms with Gasteiger partial charge in [0.2, 0.25) is 0 Å². The van der Waals surface area contributed by atoms with Gasteiger partial charge in [0.1, 0.15) is 18.2 Å². The minimum Gasteiger partial charge on any atom is -0.678 e. The first kappa shape index (κ1) is 24.3. The number of rotatable bonds is 8. The van der Waals surface area contributed by atoms with E-state index in [4.69, 9.17) is 14.5 Å². The van der Waals surface area contributed by atoms with Crippen molar-refractivity contribution in [3.8, 4) is 0 Å². The molecule has 0 radical (unpaired) electrons. The molecule has 1 unspecified atom stereocenters. The monoisotopic (exact) mass is 480 g/mol. The number of carbonyl (C=O) groups excluding carboxylic acids is 2. The van der Waals surface area contributed by atoms with Crippen molar-refractivity contribution in [2.45, 2.75) is 19.9 Å². The van der Waals surface area contributed by atoms with Crippen LogP contribution in [0.4, 0.5) is 15.9 Å². The highest BCUT2D eigenvalue weighted by Crippen LogP contribution is 2.35. The fraction of sp³-hybridized carbons (Fsp3) is 0.360. The fourth-order valence-corrected chi connectivity index (χ4v) is 3.84. The zero-order valence-corrected chi connectivity index (χ0v) is 19.7. The Morgan fingerprint density at radius 3 is 2.80 bits per heavy atom. The number of anilines is 1. The van der Waals surface area contributed by atoms with E-state index >= 15 is 0 Å². The molecule has 1 aliphatic rings. The molecule has 1 amide bonds. The van der Waals surface area contributed by atoms with E-state index in [9.17, 15) is 14.0 Å². The van der Waals surface area contributed by atoms with Crippen molar-refractivity contribution in [2.24, 2.45) is 0 Å². The normalized spacial score (nSPS) is 14.4. The molecule has 0 spiro atoms. The Labute approximate surface area is 202 Å². The summed E-state index contributed by atoms with van der Waals surface area (Å²) in [5.74, 6) is -0.645. The van der Waals surface area contributed by atoms with Crippen LogP contribution in [-0.2, 0) is 14.3 Å². The quantitative estimate of drug-likeness (QED) is 0.490. The number of ether oxygens (including phenoxy) is 2. The molecule has 2 aromatic carbocycles. The van der Waals surface area contributed by atoms with E-state index in [-0.39, 0.29) is 19.0 Å². The van der Waals surface area contributed by atoms with Crippen molar-refractivity contribution in [3.05, 3.63) is 64.9 Å². The molecule has 0 saturated carbocycles. The number of amides is 1. The molecular weight excluding hydrogens is 453 g/mol. The van der Waals surface area contributed by atoms with E-state index in [0.717, 1.165) is 0 Å². The van der Waals surface area contributed by atoms with Crippen molar-refractivity contribution in [3.63, 3.8) is 0 Å². The van der Waals surface area contributed by atoms with Crippen LogP contribution in [0.2, 0.25) is 0 Å². The summed E-state index contributed by atoms with van der Waals surface area (Å²) in [5.41, 5.74) is 2.56. The lowest BCUT2D eigenvalue weighted by Gasteiger charge is -2.32. The van der Waals surface area contributed by atoms with Gasteiger partial charge in [-0.15, -0.1) is 5.69 Å². The number of fused-ring (bicyclic) bond motifs is 1. The van der Waals surface area contributed by atoms with Crippen LogP contribution in [-0.4, -0.2) is 61.3 Å². The number of benzene rings is 2. The van der Waals surface area contributed by atoms with Gasteiger partial charge in [0.25, 0.3) is 5.91 Å². The van der Waals surface area contributed by atoms with Gasteiger partial charge in [0.15, 0.2) is 0 Å². The van der Waals surface area contributed by atoms with Gasteiger partial charge in [0, 0.05) is 18.7 Å². The zero-order chi connectivity index (χ0) is 24.8. The Morgan fingerprint density at radius 1 is 1.26 bits per heavy atom. The lowest BCUT2D eigenvalue weighted by Crippen LogP contribution is -2.36. The predicted molar refractivity (Wildman–Crippen MR) is 129 cm³/mol. The van der Waals surface area contributed by atoms with Crippen molar-refractivity contribution < 1.29 is 23.5 Å². The van der Waals surface area contributed by atoms with Crippen molar-refractivity contribution in [2.75, 3.05) is 44.4 Å². The molecule has 1 N–H and O–H groups in total. The van der Waals surface area contributed by atoms with Gasteiger partial charge in [-0.1, -0.05) is 25.1 Å². The van der Waals surface area contributed by atoms with E-state index in [0.29, 0.717) is 60.0 Å². The second-order valence-corrected chi connectivity index (χ2v) is 8.03. The van der Waals surface area contributed by atoms with Crippen molar-refractivity contribution >= 4 is 34.4 Å². The van der Waals surface area contributed by atoms with Crippen LogP contribution in [0.5, 0.6) is 0 Å². The minimum absolute atomic E-state index is 0.231. The highest BCUT2D eigenvalue weighted by atomic mass is 19.1. The van der Waals surface area contributed by atoms with Crippen LogP contribution >= 0.6 is 0 Å². The van der Waals surface area contributed by atoms with Gasteiger partial charge in [-0.05, 0) is 36.8 Å². The van der Waals surface area contributed by atoms with Crippen LogP contribution in [0, 0.1) is 5.82 Å². The smallest absolute Gasteiger partial charge is 0.325 e. The van der Waals surface area contributed by atoms with Gasteiger partial charge >= 0.3 is 5.97 Å². The Bertz CT molecular complexity index is 1220. The molecule has 0 bridgehead atoms. The molecule has 1 aromatic heterocycles. The fourth-order valence-electron chi connectivity index (χ4n) is 3.84. The topological polar surface area (TPSA) is 108 Å². The summed E-state index contributed by atoms with van der Waals surface area (Å²) in [4.78, 5) is 36.0. The Hall–Kier alpha value is -3.79. The number of aromatic nitrogens is 2. The molecule has 1 fully saturated rings. The largest absolute Gasteiger partial charge is 0.678 e. The van der Waals surface area contributed by atoms with Gasteiger partial charge in [-0.25, -0.2) is 9.37 Å². The molecule has 184 valence electrons. The maximum atomic E-state index is 13.7. The maximum absolute atomic E-state index is 13.7. The molecule has 0 aliphatic carbocycles. The Balaban J connectivity index is 1.69. The Kier molecular flexibility index (Phi) is 7.71. The van der Waals surface area contributed by atoms with Crippen LogP contribution in [0.1, 0.15) is 35.8 Å². The Morgan fingerprint density at radius 2 is 2.06 bits per heavy atom. The number of hydrogen-bond acceptors (Lipinski definition) is 7. The van der Waals surface area contributed by atoms with Gasteiger partial charge < -0.3 is 25.0 Å². The van der Waals surface area contributed by atoms with E-state index < -0.39 is 17.9 Å². The molecule has 9 nitrogen and oxygen atoms in total. The predicted octanol–water partition coefficient (Wildman–Crippen LogP) is 3.66. The van der Waals surface area contributed by atoms with Crippen LogP contribution < -0.4 is 10.2 Å². The van der Waals surface area contributed by atoms with E-state index in [1.54, 1.807) is 37.4 Å². The summed E-state index contributed by atoms with van der Waals surface area (Å²) in [6.07, 6.45) is 1.67. The molecule has 1 saturated heterocycles. The molecule has 3 aromatic rings. The number of morpholine rings is 1. The van der Waals surface area contributed by atoms with E-state index in [1.807, 2.05) is 6.92 Å². The van der Waals surface area contributed by atoms with Crippen molar-refractivity contribution in [1.29, 1.82) is 0 Å². The highest BCUT2D eigenvalue weighted by molar-refractivity contribution is 5.99. The van der Waals surface area contributed by atoms with Gasteiger partial charge in [0.05, 0.1) is 37.1 Å². The number of carbonyl (C=O) groups is 2. The molecular formula is C25H27FN5O4-. The molecule has 1 aliphatic heterocycles. The second kappa shape index (κ2) is 11.1. The average molecular weight is 481 g/mol. The van der Waals surface area contributed by atoms with Crippen molar-refractivity contribution in [1.82, 2.24) is 15.3 Å². The summed E-state index contributed by atoms with van der Waals surface area (Å²) < 4.78 is 24.0. The third kappa shape index (κ3) is 6.02. The minimum atomic E-state index is -0.522. The molecule has 10 heteroatoms. The first-order valence-electron chi connectivity index (χ1n) is 11.5. The number of nitrogens with zero attached hydrogens (tertiary/aromatic N) is 4. The number of halogens is 1. The standard InChI is InChI=1S/C25H27FN5O4/c1-3-35-23(32)15-28-25(33)17-11-20(16(2)29-19-6-4-5-18(26)13-19)24-21(12-17)27-14-22(30-24)31-7-9-34-10-8-31/h4-6,11-14,16H,3,7-10,15H2,1-2H3,(H,28,33)/q-1. The number of hydrogen-bond donors (Lipinski definition) is 1. The first-order chi connectivity index (χ1) is 16.9. The first-order valence-corrected chi connectivity index (χ1v) is 11.5. The van der Waals surface area contributed by atoms with Crippen LogP contribution in [0.25, 0.3) is 16.4 Å². The van der Waals surface area contributed by atoms with E-state index in [2.05, 4.69) is 20.5 Å². The summed E-state index contributed by atoms with van der Waals surface area (Å²) >= 11 is 0. The summed E-state index contributed by atoms with van der Waals surface area (Å²) in [6, 6.07) is 8.87. The summed E-state index contributed by atoms with van der Waals surface area (Å²) in [6.45, 7) is 6.15. The zero-order valence-electron chi connectivity index (χ0n) is 19.7. The molecule has 35 heavy (non-hydrogen) atoms. The second-order valence-electron chi connectivity index (χ2n) is 8.03.